The summed E-state index contributed by atoms with van der Waals surface area (Å²) >= 11 is 0. The highest BCUT2D eigenvalue weighted by Crippen LogP contribution is 2.31. The van der Waals surface area contributed by atoms with Gasteiger partial charge in [0, 0.05) is 24.4 Å². The van der Waals surface area contributed by atoms with Crippen molar-refractivity contribution in [3.63, 3.8) is 0 Å². The van der Waals surface area contributed by atoms with E-state index in [-0.39, 0.29) is 0 Å². The van der Waals surface area contributed by atoms with E-state index in [0.717, 1.165) is 35.6 Å². The van der Waals surface area contributed by atoms with Crippen molar-refractivity contribution in [2.45, 2.75) is 26.5 Å². The maximum Gasteiger partial charge on any atom is 0.213 e. The van der Waals surface area contributed by atoms with E-state index in [1.807, 2.05) is 36.4 Å². The first kappa shape index (κ1) is 20.7. The fourth-order valence-corrected chi connectivity index (χ4v) is 3.01. The molecule has 0 aliphatic carbocycles. The molecule has 5 nitrogen and oxygen atoms in total. The number of pyridine rings is 1. The molecule has 0 saturated carbocycles. The highest BCUT2D eigenvalue weighted by Gasteiger charge is 2.11. The highest BCUT2D eigenvalue weighted by molar-refractivity contribution is 5.46. The minimum absolute atomic E-state index is 0.507. The summed E-state index contributed by atoms with van der Waals surface area (Å²) in [5, 5.41) is 3.45. The second-order valence-electron chi connectivity index (χ2n) is 6.77. The Hall–Kier alpha value is -3.05. The Labute approximate surface area is 172 Å². The molecule has 0 aliphatic heterocycles. The van der Waals surface area contributed by atoms with Crippen LogP contribution in [0.15, 0.2) is 66.9 Å². The number of ether oxygens (including phenoxy) is 3. The Morgan fingerprint density at radius 1 is 0.966 bits per heavy atom. The molecule has 0 bridgehead atoms. The fourth-order valence-electron chi connectivity index (χ4n) is 3.01. The van der Waals surface area contributed by atoms with Gasteiger partial charge in [-0.2, -0.15) is 0 Å². The second-order valence-corrected chi connectivity index (χ2v) is 6.77. The molecule has 0 radical (unpaired) electrons. The maximum atomic E-state index is 6.14. The fraction of sp³-hybridized carbons (Fsp3) is 0.292. The second kappa shape index (κ2) is 11.1. The number of methoxy groups -OCH3 is 1. The molecular formula is C24H28N2O3. The normalized spacial score (nSPS) is 10.6. The molecular weight excluding hydrogens is 364 g/mol. The van der Waals surface area contributed by atoms with E-state index in [9.17, 15) is 0 Å². The Morgan fingerprint density at radius 2 is 1.86 bits per heavy atom. The molecule has 1 aromatic heterocycles. The molecule has 1 heterocycles. The van der Waals surface area contributed by atoms with Crippen molar-refractivity contribution in [1.82, 2.24) is 10.3 Å². The number of rotatable bonds is 11. The van der Waals surface area contributed by atoms with Crippen LogP contribution < -0.4 is 19.5 Å². The number of aryl methyl sites for hydroxylation is 1. The van der Waals surface area contributed by atoms with E-state index in [4.69, 9.17) is 14.2 Å². The minimum atomic E-state index is 0.507. The summed E-state index contributed by atoms with van der Waals surface area (Å²) in [5.41, 5.74) is 3.44. The first-order valence-corrected chi connectivity index (χ1v) is 9.85. The lowest BCUT2D eigenvalue weighted by Gasteiger charge is -2.16. The number of nitrogens with one attached hydrogen (secondary N) is 1. The zero-order valence-corrected chi connectivity index (χ0v) is 17.1. The van der Waals surface area contributed by atoms with E-state index in [1.54, 1.807) is 13.3 Å². The van der Waals surface area contributed by atoms with Gasteiger partial charge in [0.05, 0.1) is 13.7 Å². The van der Waals surface area contributed by atoms with E-state index in [0.29, 0.717) is 25.6 Å². The Morgan fingerprint density at radius 3 is 2.66 bits per heavy atom. The van der Waals surface area contributed by atoms with Crippen LogP contribution in [0.25, 0.3) is 0 Å². The van der Waals surface area contributed by atoms with Crippen molar-refractivity contribution in [1.29, 1.82) is 0 Å². The molecule has 29 heavy (non-hydrogen) atoms. The molecule has 0 atom stereocenters. The quantitative estimate of drug-likeness (QED) is 0.486. The predicted molar refractivity (Wildman–Crippen MR) is 115 cm³/mol. The topological polar surface area (TPSA) is 52.6 Å². The van der Waals surface area contributed by atoms with Gasteiger partial charge < -0.3 is 19.5 Å². The average Bonchev–Trinajstić information content (AvgIpc) is 2.75. The van der Waals surface area contributed by atoms with Crippen molar-refractivity contribution in [2.24, 2.45) is 0 Å². The van der Waals surface area contributed by atoms with Crippen LogP contribution in [-0.4, -0.2) is 25.2 Å². The van der Waals surface area contributed by atoms with Crippen LogP contribution in [0, 0.1) is 6.92 Å². The minimum Gasteiger partial charge on any atom is -0.493 e. The number of para-hydroxylation sites is 1. The monoisotopic (exact) mass is 392 g/mol. The van der Waals surface area contributed by atoms with Gasteiger partial charge in [-0.05, 0) is 37.6 Å². The molecule has 152 valence electrons. The van der Waals surface area contributed by atoms with Crippen LogP contribution in [0.5, 0.6) is 17.4 Å². The van der Waals surface area contributed by atoms with Gasteiger partial charge in [0.2, 0.25) is 5.88 Å². The molecule has 2 aromatic carbocycles. The molecule has 3 rings (SSSR count). The van der Waals surface area contributed by atoms with Crippen molar-refractivity contribution in [3.05, 3.63) is 83.6 Å². The summed E-state index contributed by atoms with van der Waals surface area (Å²) in [6.07, 6.45) is 2.62. The molecule has 0 spiro atoms. The third-order valence-electron chi connectivity index (χ3n) is 4.45. The van der Waals surface area contributed by atoms with Gasteiger partial charge in [0.1, 0.15) is 6.61 Å². The summed E-state index contributed by atoms with van der Waals surface area (Å²) < 4.78 is 17.3. The first-order valence-electron chi connectivity index (χ1n) is 9.85. The van der Waals surface area contributed by atoms with Gasteiger partial charge in [0.15, 0.2) is 11.5 Å². The molecule has 0 saturated heterocycles. The molecule has 0 fully saturated rings. The first-order chi connectivity index (χ1) is 14.3. The number of hydrogen-bond acceptors (Lipinski definition) is 5. The lowest BCUT2D eigenvalue weighted by molar-refractivity contribution is 0.279. The van der Waals surface area contributed by atoms with Crippen LogP contribution in [0.4, 0.5) is 0 Å². The molecule has 0 aliphatic rings. The van der Waals surface area contributed by atoms with E-state index >= 15 is 0 Å². The molecule has 1 N–H and O–H groups in total. The number of benzene rings is 2. The summed E-state index contributed by atoms with van der Waals surface area (Å²) in [7, 11) is 1.67. The third-order valence-corrected chi connectivity index (χ3v) is 4.45. The Balaban J connectivity index is 1.50. The van der Waals surface area contributed by atoms with E-state index in [2.05, 4.69) is 41.5 Å². The average molecular weight is 392 g/mol. The van der Waals surface area contributed by atoms with Crippen molar-refractivity contribution < 1.29 is 14.2 Å². The molecule has 5 heteroatoms. The van der Waals surface area contributed by atoms with Gasteiger partial charge >= 0.3 is 0 Å². The van der Waals surface area contributed by atoms with Crippen LogP contribution in [0.3, 0.4) is 0 Å². The van der Waals surface area contributed by atoms with Crippen LogP contribution >= 0.6 is 0 Å². The smallest absolute Gasteiger partial charge is 0.213 e. The van der Waals surface area contributed by atoms with Crippen LogP contribution in [0.2, 0.25) is 0 Å². The van der Waals surface area contributed by atoms with Gasteiger partial charge in [-0.3, -0.25) is 0 Å². The zero-order valence-electron chi connectivity index (χ0n) is 17.1. The number of hydrogen-bond donors (Lipinski definition) is 1. The van der Waals surface area contributed by atoms with Gasteiger partial charge in [-0.15, -0.1) is 0 Å². The summed E-state index contributed by atoms with van der Waals surface area (Å²) in [4.78, 5) is 4.15. The lowest BCUT2D eigenvalue weighted by Crippen LogP contribution is -2.18. The largest absolute Gasteiger partial charge is 0.493 e. The van der Waals surface area contributed by atoms with Crippen molar-refractivity contribution in [3.8, 4) is 17.4 Å². The van der Waals surface area contributed by atoms with Gasteiger partial charge in [-0.25, -0.2) is 4.98 Å². The summed E-state index contributed by atoms with van der Waals surface area (Å²) in [6.45, 7) is 4.75. The van der Waals surface area contributed by atoms with Crippen LogP contribution in [-0.2, 0) is 13.2 Å². The third kappa shape index (κ3) is 6.50. The Bertz CT molecular complexity index is 884. The molecule has 3 aromatic rings. The number of nitrogens with zero attached hydrogens (tertiary/aromatic N) is 1. The van der Waals surface area contributed by atoms with E-state index < -0.39 is 0 Å². The van der Waals surface area contributed by atoms with E-state index in [1.165, 1.54) is 5.56 Å². The SMILES string of the molecule is COc1cccc(CNCCCOc2ccccn2)c1OCc1cccc(C)c1. The van der Waals surface area contributed by atoms with Gasteiger partial charge in [-0.1, -0.05) is 48.0 Å². The molecule has 0 amide bonds. The van der Waals surface area contributed by atoms with Crippen LogP contribution in [0.1, 0.15) is 23.1 Å². The summed E-state index contributed by atoms with van der Waals surface area (Å²) in [5.74, 6) is 2.19. The van der Waals surface area contributed by atoms with Crippen molar-refractivity contribution >= 4 is 0 Å². The zero-order chi connectivity index (χ0) is 20.3. The highest BCUT2D eigenvalue weighted by atomic mass is 16.5. The van der Waals surface area contributed by atoms with Gasteiger partial charge in [0.25, 0.3) is 0 Å². The standard InChI is InChI=1S/C24H28N2O3/c1-19-8-5-9-20(16-19)18-29-24-21(10-6-11-22(24)27-2)17-25-13-7-15-28-23-12-3-4-14-26-23/h3-6,8-12,14,16,25H,7,13,15,17-18H2,1-2H3. The maximum absolute atomic E-state index is 6.14. The summed E-state index contributed by atoms with van der Waals surface area (Å²) in [6, 6.07) is 20.0. The Kier molecular flexibility index (Phi) is 7.90. The molecule has 0 unspecified atom stereocenters. The van der Waals surface area contributed by atoms with Crippen molar-refractivity contribution in [2.75, 3.05) is 20.3 Å². The number of aromatic nitrogens is 1. The predicted octanol–water partition coefficient (Wildman–Crippen LogP) is 4.54. The lowest BCUT2D eigenvalue weighted by atomic mass is 10.1.